The molecule has 1 aliphatic heterocycles. The summed E-state index contributed by atoms with van der Waals surface area (Å²) in [4.78, 5) is 51.1. The molecule has 4 atom stereocenters. The first-order valence-electron chi connectivity index (χ1n) is 10.1. The van der Waals surface area contributed by atoms with Crippen LogP contribution >= 0.6 is 0 Å². The van der Waals surface area contributed by atoms with E-state index in [1.807, 2.05) is 27.7 Å². The van der Waals surface area contributed by atoms with E-state index in [4.69, 9.17) is 11.5 Å². The fraction of sp³-hybridized carbons (Fsp3) is 0.800. The van der Waals surface area contributed by atoms with Crippen LogP contribution in [0.2, 0.25) is 0 Å². The van der Waals surface area contributed by atoms with Crippen molar-refractivity contribution in [2.24, 2.45) is 28.7 Å². The minimum Gasteiger partial charge on any atom is -0.363 e. The zero-order valence-electron chi connectivity index (χ0n) is 17.4. The van der Waals surface area contributed by atoms with Crippen molar-refractivity contribution in [3.63, 3.8) is 0 Å². The number of nitrogens with two attached hydrogens (primary N) is 2. The molecule has 2 aliphatic rings. The third kappa shape index (κ3) is 4.90. The number of nitrogens with one attached hydrogen (secondary N) is 1. The van der Waals surface area contributed by atoms with Gasteiger partial charge < -0.3 is 21.7 Å². The number of hydrogen-bond acceptors (Lipinski definition) is 5. The van der Waals surface area contributed by atoms with E-state index in [-0.39, 0.29) is 11.8 Å². The van der Waals surface area contributed by atoms with Gasteiger partial charge in [0.2, 0.25) is 17.6 Å². The Bertz CT molecular complexity index is 639. The number of primary amides is 1. The number of ketones is 1. The van der Waals surface area contributed by atoms with Gasteiger partial charge in [-0.3, -0.25) is 19.2 Å². The Morgan fingerprint density at radius 2 is 1.75 bits per heavy atom. The molecular formula is C20H34N4O4. The van der Waals surface area contributed by atoms with Crippen LogP contribution in [0.15, 0.2) is 0 Å². The van der Waals surface area contributed by atoms with Crippen molar-refractivity contribution in [2.75, 3.05) is 6.54 Å². The number of amides is 3. The highest BCUT2D eigenvalue weighted by atomic mass is 16.2. The Morgan fingerprint density at radius 3 is 2.21 bits per heavy atom. The second-order valence-corrected chi connectivity index (χ2v) is 9.41. The van der Waals surface area contributed by atoms with Crippen molar-refractivity contribution >= 4 is 23.5 Å². The maximum absolute atomic E-state index is 13.0. The molecule has 0 aromatic rings. The van der Waals surface area contributed by atoms with E-state index in [0.29, 0.717) is 25.3 Å². The van der Waals surface area contributed by atoms with Crippen molar-refractivity contribution in [1.29, 1.82) is 0 Å². The van der Waals surface area contributed by atoms with Crippen molar-refractivity contribution in [2.45, 2.75) is 77.9 Å². The molecule has 2 fully saturated rings. The van der Waals surface area contributed by atoms with Gasteiger partial charge in [-0.2, -0.15) is 0 Å². The second-order valence-electron chi connectivity index (χ2n) is 9.41. The van der Waals surface area contributed by atoms with Crippen LogP contribution in [0.3, 0.4) is 0 Å². The molecule has 0 bridgehead atoms. The summed E-state index contributed by atoms with van der Waals surface area (Å²) in [7, 11) is 0. The van der Waals surface area contributed by atoms with E-state index in [1.165, 1.54) is 4.90 Å². The van der Waals surface area contributed by atoms with Gasteiger partial charge >= 0.3 is 0 Å². The molecule has 8 nitrogen and oxygen atoms in total. The molecule has 1 saturated carbocycles. The number of carbonyl (C=O) groups excluding carboxylic acids is 4. The third-order valence-electron chi connectivity index (χ3n) is 6.12. The number of Topliss-reactive ketones (excluding diaryl/α,β-unsaturated/α-hetero) is 1. The minimum atomic E-state index is -1.05. The molecule has 0 aromatic heterocycles. The van der Waals surface area contributed by atoms with Gasteiger partial charge in [0, 0.05) is 6.54 Å². The van der Waals surface area contributed by atoms with Crippen molar-refractivity contribution in [3.8, 4) is 0 Å². The maximum Gasteiger partial charge on any atom is 0.287 e. The Kier molecular flexibility index (Phi) is 6.85. The van der Waals surface area contributed by atoms with Crippen molar-refractivity contribution in [1.82, 2.24) is 10.2 Å². The van der Waals surface area contributed by atoms with Gasteiger partial charge in [0.25, 0.3) is 5.91 Å². The molecule has 28 heavy (non-hydrogen) atoms. The van der Waals surface area contributed by atoms with Gasteiger partial charge in [0.15, 0.2) is 0 Å². The lowest BCUT2D eigenvalue weighted by molar-refractivity contribution is -0.143. The highest BCUT2D eigenvalue weighted by molar-refractivity contribution is 6.37. The molecule has 2 rings (SSSR count). The van der Waals surface area contributed by atoms with Gasteiger partial charge in [-0.25, -0.2) is 0 Å². The number of hydrogen-bond donors (Lipinski definition) is 3. The normalized spacial score (nSPS) is 25.0. The van der Waals surface area contributed by atoms with E-state index in [9.17, 15) is 19.2 Å². The molecule has 0 aromatic carbocycles. The molecule has 0 radical (unpaired) electrons. The molecule has 3 unspecified atom stereocenters. The number of rotatable bonds is 7. The van der Waals surface area contributed by atoms with Crippen LogP contribution in [0.5, 0.6) is 0 Å². The lowest BCUT2D eigenvalue weighted by Crippen LogP contribution is -2.58. The standard InChI is InChI=1S/C20H34N4O4/c1-11-8-9-24(19(28)16(21)20(2,3)4)14(11)18(27)23-13(15(25)17(22)26)10-12-6-5-7-12/h11-14,16H,5-10,21H2,1-4H3,(H2,22,26)(H,23,27)/t11?,13?,14?,16-/m1/s1. The summed E-state index contributed by atoms with van der Waals surface area (Å²) in [6, 6.07) is -2.37. The molecule has 1 aliphatic carbocycles. The fourth-order valence-corrected chi connectivity index (χ4v) is 3.87. The van der Waals surface area contributed by atoms with Crippen LogP contribution in [-0.4, -0.2) is 53.1 Å². The Hall–Kier alpha value is -1.96. The zero-order chi connectivity index (χ0) is 21.2. The third-order valence-corrected chi connectivity index (χ3v) is 6.12. The van der Waals surface area contributed by atoms with E-state index in [1.54, 1.807) is 0 Å². The van der Waals surface area contributed by atoms with Crippen LogP contribution in [0.25, 0.3) is 0 Å². The Labute approximate surface area is 166 Å². The predicted molar refractivity (Wildman–Crippen MR) is 105 cm³/mol. The molecule has 8 heteroatoms. The summed E-state index contributed by atoms with van der Waals surface area (Å²) >= 11 is 0. The highest BCUT2D eigenvalue weighted by Crippen LogP contribution is 2.31. The summed E-state index contributed by atoms with van der Waals surface area (Å²) in [6.07, 6.45) is 4.12. The molecule has 1 saturated heterocycles. The molecule has 0 spiro atoms. The SMILES string of the molecule is CC1CCN(C(=O)[C@@H](N)C(C)(C)C)C1C(=O)NC(CC1CCC1)C(=O)C(N)=O. The van der Waals surface area contributed by atoms with Gasteiger partial charge in [0.05, 0.1) is 12.1 Å². The van der Waals surface area contributed by atoms with E-state index >= 15 is 0 Å². The Morgan fingerprint density at radius 1 is 1.14 bits per heavy atom. The smallest absolute Gasteiger partial charge is 0.287 e. The van der Waals surface area contributed by atoms with Crippen molar-refractivity contribution < 1.29 is 19.2 Å². The first kappa shape index (κ1) is 22.3. The number of nitrogens with zero attached hydrogens (tertiary/aromatic N) is 1. The van der Waals surface area contributed by atoms with Gasteiger partial charge in [0.1, 0.15) is 6.04 Å². The largest absolute Gasteiger partial charge is 0.363 e. The predicted octanol–water partition coefficient (Wildman–Crippen LogP) is 0.326. The van der Waals surface area contributed by atoms with Gasteiger partial charge in [-0.1, -0.05) is 47.0 Å². The first-order valence-corrected chi connectivity index (χ1v) is 10.1. The van der Waals surface area contributed by atoms with Crippen LogP contribution in [-0.2, 0) is 19.2 Å². The highest BCUT2D eigenvalue weighted by Gasteiger charge is 2.44. The average Bonchev–Trinajstić information content (AvgIpc) is 2.95. The molecule has 158 valence electrons. The summed E-state index contributed by atoms with van der Waals surface area (Å²) in [5, 5.41) is 2.71. The zero-order valence-corrected chi connectivity index (χ0v) is 17.4. The monoisotopic (exact) mass is 394 g/mol. The fourth-order valence-electron chi connectivity index (χ4n) is 3.87. The van der Waals surface area contributed by atoms with Crippen molar-refractivity contribution in [3.05, 3.63) is 0 Å². The molecule has 1 heterocycles. The van der Waals surface area contributed by atoms with Gasteiger partial charge in [-0.15, -0.1) is 0 Å². The minimum absolute atomic E-state index is 0.0656. The van der Waals surface area contributed by atoms with E-state index in [0.717, 1.165) is 19.3 Å². The molecule has 3 amide bonds. The second kappa shape index (κ2) is 8.59. The van der Waals surface area contributed by atoms with E-state index in [2.05, 4.69) is 5.32 Å². The maximum atomic E-state index is 13.0. The lowest BCUT2D eigenvalue weighted by Gasteiger charge is -2.34. The topological polar surface area (TPSA) is 136 Å². The lowest BCUT2D eigenvalue weighted by atomic mass is 9.80. The van der Waals surface area contributed by atoms with Crippen LogP contribution in [0.4, 0.5) is 0 Å². The molecular weight excluding hydrogens is 360 g/mol. The summed E-state index contributed by atoms with van der Waals surface area (Å²) in [5.41, 5.74) is 10.9. The number of likely N-dealkylation sites (tertiary alicyclic amines) is 1. The van der Waals surface area contributed by atoms with Crippen LogP contribution < -0.4 is 16.8 Å². The van der Waals surface area contributed by atoms with Crippen LogP contribution in [0.1, 0.15) is 59.8 Å². The summed E-state index contributed by atoms with van der Waals surface area (Å²) in [5.74, 6) is -2.28. The Balaban J connectivity index is 2.14. The average molecular weight is 395 g/mol. The first-order chi connectivity index (χ1) is 12.9. The summed E-state index contributed by atoms with van der Waals surface area (Å²) < 4.78 is 0. The molecule has 5 N–H and O–H groups in total. The van der Waals surface area contributed by atoms with E-state index < -0.39 is 41.1 Å². The van der Waals surface area contributed by atoms with Gasteiger partial charge in [-0.05, 0) is 30.1 Å². The quantitative estimate of drug-likeness (QED) is 0.535. The van der Waals surface area contributed by atoms with Crippen LogP contribution in [0, 0.1) is 17.3 Å². The summed E-state index contributed by atoms with van der Waals surface area (Å²) in [6.45, 7) is 7.98. The number of carbonyl (C=O) groups is 4.